The number of amides is 2. The van der Waals surface area contributed by atoms with Gasteiger partial charge in [0.25, 0.3) is 0 Å². The maximum atomic E-state index is 12.1. The summed E-state index contributed by atoms with van der Waals surface area (Å²) in [5.74, 6) is -1.01. The van der Waals surface area contributed by atoms with Crippen molar-refractivity contribution < 1.29 is 19.1 Å². The average molecular weight is 284 g/mol. The van der Waals surface area contributed by atoms with Gasteiger partial charge in [0.1, 0.15) is 17.7 Å². The van der Waals surface area contributed by atoms with Gasteiger partial charge in [0.2, 0.25) is 11.8 Å². The van der Waals surface area contributed by atoms with Crippen molar-refractivity contribution in [2.75, 3.05) is 0 Å². The Morgan fingerprint density at radius 2 is 1.95 bits per heavy atom. The van der Waals surface area contributed by atoms with Gasteiger partial charge in [-0.05, 0) is 33.1 Å². The molecule has 2 atom stereocenters. The van der Waals surface area contributed by atoms with Crippen molar-refractivity contribution in [1.29, 1.82) is 0 Å². The molecule has 2 amide bonds. The number of hydrogen-bond donors (Lipinski definition) is 2. The molecule has 0 aromatic rings. The molecule has 6 heteroatoms. The summed E-state index contributed by atoms with van der Waals surface area (Å²) in [6.07, 6.45) is 0.806. The molecule has 0 spiro atoms. The molecule has 1 aliphatic heterocycles. The van der Waals surface area contributed by atoms with Crippen LogP contribution in [-0.2, 0) is 19.1 Å². The van der Waals surface area contributed by atoms with Crippen LogP contribution in [0.2, 0.25) is 0 Å². The lowest BCUT2D eigenvalue weighted by atomic mass is 10.0. The highest BCUT2D eigenvalue weighted by Gasteiger charge is 2.33. The van der Waals surface area contributed by atoms with Crippen molar-refractivity contribution in [3.8, 4) is 0 Å². The Bertz CT molecular complexity index is 398. The molecule has 1 saturated heterocycles. The average Bonchev–Trinajstić information content (AvgIpc) is 2.69. The first-order chi connectivity index (χ1) is 9.10. The summed E-state index contributed by atoms with van der Waals surface area (Å²) >= 11 is 0. The lowest BCUT2D eigenvalue weighted by molar-refractivity contribution is -0.160. The van der Waals surface area contributed by atoms with E-state index in [9.17, 15) is 14.4 Å². The molecule has 1 aliphatic rings. The summed E-state index contributed by atoms with van der Waals surface area (Å²) in [6.45, 7) is 9.01. The zero-order valence-corrected chi connectivity index (χ0v) is 12.8. The van der Waals surface area contributed by atoms with E-state index in [4.69, 9.17) is 4.74 Å². The van der Waals surface area contributed by atoms with E-state index >= 15 is 0 Å². The fraction of sp³-hybridized carbons (Fsp3) is 0.786. The van der Waals surface area contributed by atoms with Gasteiger partial charge in [-0.25, -0.2) is 4.79 Å². The predicted molar refractivity (Wildman–Crippen MR) is 73.8 cm³/mol. The predicted octanol–water partition coefficient (Wildman–Crippen LogP) is 0.747. The SMILES string of the molecule is CC(C)[C@H](NC(=O)C1CCC(=O)N1)C(=O)OC(C)(C)C. The van der Waals surface area contributed by atoms with Gasteiger partial charge in [-0.2, -0.15) is 0 Å². The molecule has 114 valence electrons. The van der Waals surface area contributed by atoms with Crippen molar-refractivity contribution in [3.05, 3.63) is 0 Å². The Hall–Kier alpha value is -1.59. The molecule has 0 aromatic carbocycles. The van der Waals surface area contributed by atoms with Gasteiger partial charge in [0.15, 0.2) is 0 Å². The van der Waals surface area contributed by atoms with Gasteiger partial charge in [0, 0.05) is 6.42 Å². The quantitative estimate of drug-likeness (QED) is 0.746. The van der Waals surface area contributed by atoms with E-state index in [0.29, 0.717) is 12.8 Å². The van der Waals surface area contributed by atoms with Crippen LogP contribution >= 0.6 is 0 Å². The Balaban J connectivity index is 2.65. The Labute approximate surface area is 119 Å². The molecular weight excluding hydrogens is 260 g/mol. The van der Waals surface area contributed by atoms with Crippen molar-refractivity contribution in [1.82, 2.24) is 10.6 Å². The highest BCUT2D eigenvalue weighted by Crippen LogP contribution is 2.13. The topological polar surface area (TPSA) is 84.5 Å². The van der Waals surface area contributed by atoms with E-state index in [0.717, 1.165) is 0 Å². The molecule has 0 bridgehead atoms. The number of carbonyl (C=O) groups is 3. The van der Waals surface area contributed by atoms with Crippen LogP contribution in [0.5, 0.6) is 0 Å². The van der Waals surface area contributed by atoms with Crippen molar-refractivity contribution in [2.24, 2.45) is 5.92 Å². The molecule has 0 saturated carbocycles. The van der Waals surface area contributed by atoms with Crippen LogP contribution in [0.3, 0.4) is 0 Å². The molecule has 6 nitrogen and oxygen atoms in total. The number of esters is 1. The zero-order chi connectivity index (χ0) is 15.5. The standard InChI is InChI=1S/C14H24N2O4/c1-8(2)11(13(19)20-14(3,4)5)16-12(18)9-6-7-10(17)15-9/h8-9,11H,6-7H2,1-5H3,(H,15,17)(H,16,18)/t9?,11-/m0/s1. The summed E-state index contributed by atoms with van der Waals surface area (Å²) in [4.78, 5) is 35.2. The smallest absolute Gasteiger partial charge is 0.329 e. The third kappa shape index (κ3) is 4.83. The molecule has 1 fully saturated rings. The first-order valence-electron chi connectivity index (χ1n) is 6.93. The molecule has 1 unspecified atom stereocenters. The van der Waals surface area contributed by atoms with Crippen LogP contribution in [-0.4, -0.2) is 35.5 Å². The summed E-state index contributed by atoms with van der Waals surface area (Å²) in [5, 5.41) is 5.26. The Morgan fingerprint density at radius 3 is 2.35 bits per heavy atom. The van der Waals surface area contributed by atoms with E-state index in [1.54, 1.807) is 20.8 Å². The second-order valence-corrected chi connectivity index (χ2v) is 6.42. The van der Waals surface area contributed by atoms with Crippen molar-refractivity contribution in [3.63, 3.8) is 0 Å². The minimum absolute atomic E-state index is 0.0918. The van der Waals surface area contributed by atoms with Gasteiger partial charge in [0.05, 0.1) is 0 Å². The van der Waals surface area contributed by atoms with E-state index in [2.05, 4.69) is 10.6 Å². The van der Waals surface area contributed by atoms with Crippen LogP contribution in [0.1, 0.15) is 47.5 Å². The van der Waals surface area contributed by atoms with E-state index in [1.807, 2.05) is 13.8 Å². The molecule has 0 aliphatic carbocycles. The fourth-order valence-corrected chi connectivity index (χ4v) is 1.93. The summed E-state index contributed by atoms with van der Waals surface area (Å²) in [7, 11) is 0. The maximum absolute atomic E-state index is 12.1. The monoisotopic (exact) mass is 284 g/mol. The van der Waals surface area contributed by atoms with E-state index in [1.165, 1.54) is 0 Å². The van der Waals surface area contributed by atoms with Crippen LogP contribution < -0.4 is 10.6 Å². The second kappa shape index (κ2) is 6.24. The zero-order valence-electron chi connectivity index (χ0n) is 12.8. The van der Waals surface area contributed by atoms with Crippen LogP contribution in [0.25, 0.3) is 0 Å². The summed E-state index contributed by atoms with van der Waals surface area (Å²) < 4.78 is 5.30. The molecule has 2 N–H and O–H groups in total. The number of carbonyl (C=O) groups excluding carboxylic acids is 3. The Kier molecular flexibility index (Phi) is 5.14. The normalized spacial score (nSPS) is 20.5. The summed E-state index contributed by atoms with van der Waals surface area (Å²) in [6, 6.07) is -1.26. The summed E-state index contributed by atoms with van der Waals surface area (Å²) in [5.41, 5.74) is -0.601. The van der Waals surface area contributed by atoms with Crippen LogP contribution in [0.4, 0.5) is 0 Å². The molecular formula is C14H24N2O4. The Morgan fingerprint density at radius 1 is 1.35 bits per heavy atom. The van der Waals surface area contributed by atoms with Gasteiger partial charge < -0.3 is 15.4 Å². The lowest BCUT2D eigenvalue weighted by Gasteiger charge is -2.27. The largest absolute Gasteiger partial charge is 0.458 e. The first kappa shape index (κ1) is 16.5. The second-order valence-electron chi connectivity index (χ2n) is 6.42. The first-order valence-corrected chi connectivity index (χ1v) is 6.93. The molecule has 20 heavy (non-hydrogen) atoms. The highest BCUT2D eigenvalue weighted by atomic mass is 16.6. The molecule has 0 radical (unpaired) electrons. The molecule has 1 rings (SSSR count). The van der Waals surface area contributed by atoms with Crippen LogP contribution in [0, 0.1) is 5.92 Å². The number of ether oxygens (including phenoxy) is 1. The van der Waals surface area contributed by atoms with Gasteiger partial charge in [-0.15, -0.1) is 0 Å². The highest BCUT2D eigenvalue weighted by molar-refractivity contribution is 5.93. The number of rotatable bonds is 4. The van der Waals surface area contributed by atoms with Crippen molar-refractivity contribution in [2.45, 2.75) is 65.1 Å². The third-order valence-corrected chi connectivity index (χ3v) is 2.94. The molecule has 0 aromatic heterocycles. The van der Waals surface area contributed by atoms with E-state index in [-0.39, 0.29) is 17.7 Å². The van der Waals surface area contributed by atoms with Gasteiger partial charge in [-0.1, -0.05) is 13.8 Å². The van der Waals surface area contributed by atoms with Gasteiger partial charge in [-0.3, -0.25) is 9.59 Å². The van der Waals surface area contributed by atoms with Gasteiger partial charge >= 0.3 is 5.97 Å². The molecule has 1 heterocycles. The lowest BCUT2D eigenvalue weighted by Crippen LogP contribution is -2.52. The number of nitrogens with one attached hydrogen (secondary N) is 2. The van der Waals surface area contributed by atoms with Crippen LogP contribution in [0.15, 0.2) is 0 Å². The number of hydrogen-bond acceptors (Lipinski definition) is 4. The maximum Gasteiger partial charge on any atom is 0.329 e. The minimum Gasteiger partial charge on any atom is -0.458 e. The third-order valence-electron chi connectivity index (χ3n) is 2.94. The fourth-order valence-electron chi connectivity index (χ4n) is 1.93. The van der Waals surface area contributed by atoms with E-state index < -0.39 is 23.7 Å². The van der Waals surface area contributed by atoms with Crippen molar-refractivity contribution >= 4 is 17.8 Å². The minimum atomic E-state index is -0.709.